The topological polar surface area (TPSA) is 42.0 Å². The molecule has 1 atom stereocenters. The molecule has 1 aromatic carbocycles. The van der Waals surface area contributed by atoms with Crippen molar-refractivity contribution in [3.8, 4) is 5.75 Å². The van der Waals surface area contributed by atoms with Gasteiger partial charge in [0.2, 0.25) is 0 Å². The monoisotopic (exact) mass is 344 g/mol. The summed E-state index contributed by atoms with van der Waals surface area (Å²) in [7, 11) is 0. The lowest BCUT2D eigenvalue weighted by Gasteiger charge is -2.29. The van der Waals surface area contributed by atoms with E-state index in [2.05, 4.69) is 4.90 Å². The van der Waals surface area contributed by atoms with Crippen LogP contribution in [0.5, 0.6) is 5.75 Å². The summed E-state index contributed by atoms with van der Waals surface area (Å²) in [5.41, 5.74) is 0.718. The van der Waals surface area contributed by atoms with E-state index < -0.39 is 0 Å². The van der Waals surface area contributed by atoms with E-state index in [1.54, 1.807) is 0 Å². The maximum atomic E-state index is 13.0. The summed E-state index contributed by atoms with van der Waals surface area (Å²) in [5, 5.41) is 0. The predicted octanol–water partition coefficient (Wildman–Crippen LogP) is 2.27. The van der Waals surface area contributed by atoms with Crippen molar-refractivity contribution in [2.75, 3.05) is 52.5 Å². The molecule has 1 amide bonds. The van der Waals surface area contributed by atoms with Gasteiger partial charge in [-0.2, -0.15) is 0 Å². The molecule has 2 saturated heterocycles. The van der Waals surface area contributed by atoms with Crippen molar-refractivity contribution in [1.82, 2.24) is 9.80 Å². The second-order valence-corrected chi connectivity index (χ2v) is 7.57. The summed E-state index contributed by atoms with van der Waals surface area (Å²) < 4.78 is 11.3. The zero-order valence-corrected chi connectivity index (χ0v) is 14.9. The quantitative estimate of drug-likeness (QED) is 0.794. The summed E-state index contributed by atoms with van der Waals surface area (Å²) >= 11 is 0. The summed E-state index contributed by atoms with van der Waals surface area (Å²) in [5.74, 6) is 2.13. The third-order valence-corrected chi connectivity index (χ3v) is 5.48. The lowest BCUT2D eigenvalue weighted by atomic mass is 10.1. The van der Waals surface area contributed by atoms with Gasteiger partial charge in [0.15, 0.2) is 0 Å². The van der Waals surface area contributed by atoms with Crippen molar-refractivity contribution in [3.05, 3.63) is 29.8 Å². The highest BCUT2D eigenvalue weighted by Crippen LogP contribution is 2.31. The Morgan fingerprint density at radius 3 is 2.68 bits per heavy atom. The summed E-state index contributed by atoms with van der Waals surface area (Å²) in [4.78, 5) is 17.4. The molecule has 0 aromatic heterocycles. The number of rotatable bonds is 6. The fourth-order valence-corrected chi connectivity index (χ4v) is 3.75. The highest BCUT2D eigenvalue weighted by molar-refractivity contribution is 5.97. The largest absolute Gasteiger partial charge is 0.492 e. The Morgan fingerprint density at radius 2 is 1.88 bits per heavy atom. The molecule has 0 bridgehead atoms. The number of para-hydroxylation sites is 1. The Hall–Kier alpha value is -1.59. The molecular weight excluding hydrogens is 316 g/mol. The van der Waals surface area contributed by atoms with Crippen LogP contribution in [0.1, 0.15) is 29.6 Å². The van der Waals surface area contributed by atoms with Gasteiger partial charge < -0.3 is 14.4 Å². The van der Waals surface area contributed by atoms with E-state index in [4.69, 9.17) is 9.47 Å². The van der Waals surface area contributed by atoms with Gasteiger partial charge in [-0.25, -0.2) is 0 Å². The van der Waals surface area contributed by atoms with Crippen LogP contribution in [-0.4, -0.2) is 68.3 Å². The molecule has 1 saturated carbocycles. The first-order chi connectivity index (χ1) is 12.3. The maximum Gasteiger partial charge on any atom is 0.257 e. The third kappa shape index (κ3) is 4.33. The lowest BCUT2D eigenvalue weighted by Crippen LogP contribution is -2.40. The predicted molar refractivity (Wildman–Crippen MR) is 95.9 cm³/mol. The average Bonchev–Trinajstić information content (AvgIpc) is 3.38. The molecular formula is C20H28N2O3. The van der Waals surface area contributed by atoms with E-state index in [1.165, 1.54) is 12.8 Å². The number of amides is 1. The van der Waals surface area contributed by atoms with Gasteiger partial charge in [0, 0.05) is 32.7 Å². The van der Waals surface area contributed by atoms with Crippen LogP contribution in [-0.2, 0) is 4.74 Å². The van der Waals surface area contributed by atoms with Crippen molar-refractivity contribution in [2.45, 2.75) is 19.3 Å². The molecule has 0 radical (unpaired) electrons. The first-order valence-corrected chi connectivity index (χ1v) is 9.61. The van der Waals surface area contributed by atoms with E-state index in [1.807, 2.05) is 29.2 Å². The molecule has 2 aliphatic heterocycles. The van der Waals surface area contributed by atoms with Gasteiger partial charge in [0.05, 0.1) is 25.4 Å². The number of hydrogen-bond acceptors (Lipinski definition) is 4. The van der Waals surface area contributed by atoms with Crippen molar-refractivity contribution < 1.29 is 14.3 Å². The van der Waals surface area contributed by atoms with Crippen molar-refractivity contribution in [2.24, 2.45) is 11.8 Å². The standard InChI is InChI=1S/C20H28N2O3/c23-20(18-3-1-2-4-19(18)25-15-16-5-6-16)22-8-7-17(14-22)13-21-9-11-24-12-10-21/h1-4,16-17H,5-15H2/t17-/m0/s1. The van der Waals surface area contributed by atoms with Crippen LogP contribution in [0.15, 0.2) is 24.3 Å². The Bertz CT molecular complexity index is 596. The van der Waals surface area contributed by atoms with E-state index >= 15 is 0 Å². The molecule has 0 unspecified atom stereocenters. The molecule has 25 heavy (non-hydrogen) atoms. The van der Waals surface area contributed by atoms with E-state index in [9.17, 15) is 4.79 Å². The highest BCUT2D eigenvalue weighted by Gasteiger charge is 2.30. The van der Waals surface area contributed by atoms with Gasteiger partial charge >= 0.3 is 0 Å². The van der Waals surface area contributed by atoms with Crippen LogP contribution in [0.25, 0.3) is 0 Å². The summed E-state index contributed by atoms with van der Waals surface area (Å²) in [6.45, 7) is 7.22. The number of carbonyl (C=O) groups excluding carboxylic acids is 1. The van der Waals surface area contributed by atoms with Crippen LogP contribution >= 0.6 is 0 Å². The minimum atomic E-state index is 0.121. The summed E-state index contributed by atoms with van der Waals surface area (Å²) in [6, 6.07) is 7.71. The molecule has 4 rings (SSSR count). The van der Waals surface area contributed by atoms with Gasteiger partial charge in [-0.05, 0) is 43.2 Å². The average molecular weight is 344 g/mol. The van der Waals surface area contributed by atoms with Crippen LogP contribution in [0.4, 0.5) is 0 Å². The van der Waals surface area contributed by atoms with Crippen LogP contribution in [0.3, 0.4) is 0 Å². The molecule has 3 fully saturated rings. The second-order valence-electron chi connectivity index (χ2n) is 7.57. The number of hydrogen-bond donors (Lipinski definition) is 0. The number of carbonyl (C=O) groups is 1. The Labute approximate surface area is 149 Å². The number of nitrogens with zero attached hydrogens (tertiary/aromatic N) is 2. The lowest BCUT2D eigenvalue weighted by molar-refractivity contribution is 0.0310. The zero-order valence-electron chi connectivity index (χ0n) is 14.9. The smallest absolute Gasteiger partial charge is 0.257 e. The van der Waals surface area contributed by atoms with Gasteiger partial charge in [-0.15, -0.1) is 0 Å². The first kappa shape index (κ1) is 16.9. The zero-order chi connectivity index (χ0) is 17.1. The second kappa shape index (κ2) is 7.75. The molecule has 1 aliphatic carbocycles. The third-order valence-electron chi connectivity index (χ3n) is 5.48. The van der Waals surface area contributed by atoms with E-state index in [0.717, 1.165) is 70.3 Å². The van der Waals surface area contributed by atoms with Crippen molar-refractivity contribution in [3.63, 3.8) is 0 Å². The van der Waals surface area contributed by atoms with E-state index in [-0.39, 0.29) is 5.91 Å². The Morgan fingerprint density at radius 1 is 1.08 bits per heavy atom. The molecule has 2 heterocycles. The number of ether oxygens (including phenoxy) is 2. The summed E-state index contributed by atoms with van der Waals surface area (Å²) in [6.07, 6.45) is 3.60. The highest BCUT2D eigenvalue weighted by atomic mass is 16.5. The molecule has 5 heteroatoms. The van der Waals surface area contributed by atoms with Gasteiger partial charge in [-0.3, -0.25) is 9.69 Å². The van der Waals surface area contributed by atoms with Gasteiger partial charge in [0.25, 0.3) is 5.91 Å². The number of morpholine rings is 1. The van der Waals surface area contributed by atoms with Crippen LogP contribution in [0.2, 0.25) is 0 Å². The Kier molecular flexibility index (Phi) is 5.22. The first-order valence-electron chi connectivity index (χ1n) is 9.61. The number of likely N-dealkylation sites (tertiary alicyclic amines) is 1. The molecule has 0 N–H and O–H groups in total. The van der Waals surface area contributed by atoms with Gasteiger partial charge in [0.1, 0.15) is 5.75 Å². The Balaban J connectivity index is 1.34. The number of benzene rings is 1. The maximum absolute atomic E-state index is 13.0. The minimum Gasteiger partial charge on any atom is -0.492 e. The van der Waals surface area contributed by atoms with Gasteiger partial charge in [-0.1, -0.05) is 12.1 Å². The molecule has 136 valence electrons. The molecule has 0 spiro atoms. The van der Waals surface area contributed by atoms with Crippen molar-refractivity contribution in [1.29, 1.82) is 0 Å². The molecule has 3 aliphatic rings. The van der Waals surface area contributed by atoms with E-state index in [0.29, 0.717) is 11.8 Å². The molecule has 1 aromatic rings. The normalized spacial score (nSPS) is 24.5. The van der Waals surface area contributed by atoms with Crippen molar-refractivity contribution >= 4 is 5.91 Å². The fraction of sp³-hybridized carbons (Fsp3) is 0.650. The molecule has 5 nitrogen and oxygen atoms in total. The van der Waals surface area contributed by atoms with Crippen LogP contribution in [0, 0.1) is 11.8 Å². The minimum absolute atomic E-state index is 0.121. The fourth-order valence-electron chi connectivity index (χ4n) is 3.75. The van der Waals surface area contributed by atoms with Crippen LogP contribution < -0.4 is 4.74 Å². The SMILES string of the molecule is O=C(c1ccccc1OCC1CC1)N1CC[C@@H](CN2CCOCC2)C1.